The Morgan fingerprint density at radius 3 is 1.27 bits per heavy atom. The number of hydrogen-bond acceptors (Lipinski definition) is 0. The van der Waals surface area contributed by atoms with Crippen molar-refractivity contribution in [2.75, 3.05) is 0 Å². The third kappa shape index (κ3) is 5.85. The van der Waals surface area contributed by atoms with Crippen molar-refractivity contribution in [1.29, 1.82) is 0 Å². The third-order valence-electron chi connectivity index (χ3n) is 14.7. The Labute approximate surface area is 384 Å². The molecule has 0 bridgehead atoms. The van der Waals surface area contributed by atoms with Crippen LogP contribution >= 0.6 is 0 Å². The highest BCUT2D eigenvalue weighted by Gasteiger charge is 2.21. The molecule has 12 aromatic rings. The molecule has 66 heavy (non-hydrogen) atoms. The van der Waals surface area contributed by atoms with Crippen molar-refractivity contribution in [2.24, 2.45) is 0 Å². The maximum atomic E-state index is 2.43. The lowest BCUT2D eigenvalue weighted by Crippen LogP contribution is -2.03. The van der Waals surface area contributed by atoms with Gasteiger partial charge in [0.15, 0.2) is 0 Å². The quantitative estimate of drug-likeness (QED) is 0.146. The van der Waals surface area contributed by atoms with E-state index in [1.54, 1.807) is 0 Å². The third-order valence-corrected chi connectivity index (χ3v) is 14.7. The first-order valence-electron chi connectivity index (χ1n) is 23.2. The highest BCUT2D eigenvalue weighted by Crippen LogP contribution is 2.45. The fourth-order valence-corrected chi connectivity index (χ4v) is 11.3. The van der Waals surface area contributed by atoms with Crippen molar-refractivity contribution in [3.8, 4) is 66.8 Å². The van der Waals surface area contributed by atoms with Crippen LogP contribution in [0.5, 0.6) is 0 Å². The molecule has 14 rings (SSSR count). The van der Waals surface area contributed by atoms with E-state index in [-0.39, 0.29) is 0 Å². The van der Waals surface area contributed by atoms with Crippen molar-refractivity contribution in [1.82, 2.24) is 0 Å². The van der Waals surface area contributed by atoms with Crippen LogP contribution < -0.4 is 0 Å². The minimum absolute atomic E-state index is 1.02. The number of fused-ring (bicyclic) bond motifs is 1. The highest BCUT2D eigenvalue weighted by atomic mass is 14.3. The smallest absolute Gasteiger partial charge is 0.00203 e. The Hall–Kier alpha value is -8.32. The first-order valence-corrected chi connectivity index (χ1v) is 23.2. The zero-order chi connectivity index (χ0) is 43.3. The molecule has 0 saturated carbocycles. The van der Waals surface area contributed by atoms with Gasteiger partial charge < -0.3 is 0 Å². The molecular weight excluding hydrogens is 793 g/mol. The lowest BCUT2D eigenvalue weighted by Gasteiger charge is -2.24. The average Bonchev–Trinajstić information content (AvgIpc) is 3.39. The van der Waals surface area contributed by atoms with E-state index in [4.69, 9.17) is 0 Å². The van der Waals surface area contributed by atoms with Crippen LogP contribution in [-0.2, 0) is 6.42 Å². The summed E-state index contributed by atoms with van der Waals surface area (Å²) in [7, 11) is 0. The molecule has 0 fully saturated rings. The molecule has 0 amide bonds. The van der Waals surface area contributed by atoms with Crippen LogP contribution in [0.1, 0.15) is 23.1 Å². The summed E-state index contributed by atoms with van der Waals surface area (Å²) >= 11 is 0. The summed E-state index contributed by atoms with van der Waals surface area (Å²) in [6, 6.07) is 79.5. The summed E-state index contributed by atoms with van der Waals surface area (Å²) in [6.07, 6.45) is 9.07. The van der Waals surface area contributed by atoms with Crippen molar-refractivity contribution in [3.05, 3.63) is 241 Å². The van der Waals surface area contributed by atoms with E-state index in [0.29, 0.717) is 0 Å². The summed E-state index contributed by atoms with van der Waals surface area (Å²) in [5.74, 6) is 0. The molecular formula is C66H42. The molecule has 2 aliphatic carbocycles. The number of benzene rings is 12. The lowest BCUT2D eigenvalue weighted by molar-refractivity contribution is 1.23. The maximum Gasteiger partial charge on any atom is -0.00203 e. The van der Waals surface area contributed by atoms with Gasteiger partial charge in [-0.1, -0.05) is 224 Å². The highest BCUT2D eigenvalue weighted by molar-refractivity contribution is 6.27. The van der Waals surface area contributed by atoms with Crippen LogP contribution in [0.4, 0.5) is 0 Å². The maximum absolute atomic E-state index is 2.43. The van der Waals surface area contributed by atoms with Gasteiger partial charge in [-0.2, -0.15) is 0 Å². The Morgan fingerprint density at radius 2 is 0.712 bits per heavy atom. The molecule has 0 heteroatoms. The molecule has 0 saturated heterocycles. The van der Waals surface area contributed by atoms with E-state index >= 15 is 0 Å². The summed E-state index contributed by atoms with van der Waals surface area (Å²) in [4.78, 5) is 0. The second-order valence-corrected chi connectivity index (χ2v) is 18.3. The van der Waals surface area contributed by atoms with Crippen molar-refractivity contribution in [2.45, 2.75) is 12.8 Å². The van der Waals surface area contributed by atoms with E-state index in [0.717, 1.165) is 12.8 Å². The molecule has 0 unspecified atom stereocenters. The fraction of sp³-hybridized carbons (Fsp3) is 0.0303. The molecule has 12 aromatic carbocycles. The van der Waals surface area contributed by atoms with E-state index in [1.807, 2.05) is 0 Å². The minimum Gasteiger partial charge on any atom is -0.0795 e. The molecule has 0 N–H and O–H groups in total. The Bertz CT molecular complexity index is 3970. The minimum atomic E-state index is 1.02. The first-order chi connectivity index (χ1) is 32.7. The normalized spacial score (nSPS) is 13.1. The SMILES string of the molecule is C1=Cc2ccc3c(-c4ccc(-c5ccc(-c6ccc(-c7ccc8ccc9c(-c%10ccc(-c%11ccc%12ccccc%12c%11)cc%10)ccc%10ccc7c8c%109)cc6)cc5)cc4)ccc4c3c2C(=CC4)C1. The van der Waals surface area contributed by atoms with Gasteiger partial charge in [-0.25, -0.2) is 0 Å². The van der Waals surface area contributed by atoms with Crippen molar-refractivity contribution < 1.29 is 0 Å². The second-order valence-electron chi connectivity index (χ2n) is 18.3. The average molecular weight is 835 g/mol. The molecule has 0 aliphatic heterocycles. The van der Waals surface area contributed by atoms with Gasteiger partial charge in [-0.05, 0) is 162 Å². The molecule has 0 aromatic heterocycles. The summed E-state index contributed by atoms with van der Waals surface area (Å²) in [5.41, 5.74) is 20.6. The number of allylic oxidation sites excluding steroid dienone is 3. The Balaban J connectivity index is 0.740. The van der Waals surface area contributed by atoms with Crippen LogP contribution in [0, 0.1) is 0 Å². The van der Waals surface area contributed by atoms with E-state index in [2.05, 4.69) is 231 Å². The van der Waals surface area contributed by atoms with E-state index in [9.17, 15) is 0 Å². The zero-order valence-electron chi connectivity index (χ0n) is 36.4. The molecule has 0 spiro atoms. The monoisotopic (exact) mass is 834 g/mol. The summed E-state index contributed by atoms with van der Waals surface area (Å²) < 4.78 is 0. The van der Waals surface area contributed by atoms with E-state index < -0.39 is 0 Å². The standard InChI is InChI=1S/C66H42/c1-2-5-55-40-56(27-18-41(55)4-1)46-16-23-49(24-17-46)59-36-30-54-32-38-61-58(35-29-53-33-39-62(59)66(54)65(53)61)48-21-14-45(15-22-48)43-10-8-42(9-11-43)44-12-19-47(20-13-44)57-34-28-52-26-25-50-6-3-7-51-31-37-60(57)64(52)63(50)51/h1-5,7-25,27-40H,6,26H2. The van der Waals surface area contributed by atoms with Gasteiger partial charge in [0.2, 0.25) is 0 Å². The largest absolute Gasteiger partial charge is 0.0795 e. The molecule has 2 aliphatic rings. The molecule has 0 nitrogen and oxygen atoms in total. The number of rotatable bonds is 6. The molecule has 0 heterocycles. The predicted octanol–water partition coefficient (Wildman–Crippen LogP) is 18.2. The van der Waals surface area contributed by atoms with Crippen LogP contribution in [-0.4, -0.2) is 0 Å². The van der Waals surface area contributed by atoms with Crippen LogP contribution in [0.15, 0.2) is 224 Å². The van der Waals surface area contributed by atoms with Gasteiger partial charge in [-0.3, -0.25) is 0 Å². The fourth-order valence-electron chi connectivity index (χ4n) is 11.3. The van der Waals surface area contributed by atoms with Gasteiger partial charge in [0, 0.05) is 0 Å². The van der Waals surface area contributed by atoms with Crippen LogP contribution in [0.2, 0.25) is 0 Å². The second kappa shape index (κ2) is 14.6. The zero-order valence-corrected chi connectivity index (χ0v) is 36.4. The van der Waals surface area contributed by atoms with Gasteiger partial charge in [0.1, 0.15) is 0 Å². The lowest BCUT2D eigenvalue weighted by atomic mass is 9.80. The molecule has 0 radical (unpaired) electrons. The van der Waals surface area contributed by atoms with Crippen LogP contribution in [0.25, 0.3) is 132 Å². The van der Waals surface area contributed by atoms with Gasteiger partial charge >= 0.3 is 0 Å². The van der Waals surface area contributed by atoms with E-state index in [1.165, 1.54) is 143 Å². The topological polar surface area (TPSA) is 0 Å². The van der Waals surface area contributed by atoms with Gasteiger partial charge in [0.05, 0.1) is 0 Å². The summed E-state index contributed by atoms with van der Waals surface area (Å²) in [6.45, 7) is 0. The van der Waals surface area contributed by atoms with Gasteiger partial charge in [0.25, 0.3) is 0 Å². The Morgan fingerprint density at radius 1 is 0.288 bits per heavy atom. The molecule has 306 valence electrons. The van der Waals surface area contributed by atoms with Crippen molar-refractivity contribution >= 4 is 65.5 Å². The summed E-state index contributed by atoms with van der Waals surface area (Å²) in [5, 5.41) is 13.1. The number of hydrogen-bond donors (Lipinski definition) is 0. The molecule has 0 atom stereocenters. The Kier molecular flexibility index (Phi) is 8.21. The van der Waals surface area contributed by atoms with Crippen LogP contribution in [0.3, 0.4) is 0 Å². The van der Waals surface area contributed by atoms with Gasteiger partial charge in [-0.15, -0.1) is 0 Å². The predicted molar refractivity (Wildman–Crippen MR) is 283 cm³/mol. The first kappa shape index (κ1) is 37.1. The van der Waals surface area contributed by atoms with Crippen molar-refractivity contribution in [3.63, 3.8) is 0 Å².